The molecule has 1 aromatic carbocycles. The van der Waals surface area contributed by atoms with Crippen LogP contribution < -0.4 is 16.4 Å². The van der Waals surface area contributed by atoms with E-state index in [1.165, 1.54) is 0 Å². The molecule has 0 bridgehead atoms. The van der Waals surface area contributed by atoms with Crippen molar-refractivity contribution in [2.24, 2.45) is 5.73 Å². The topological polar surface area (TPSA) is 67.1 Å². The lowest BCUT2D eigenvalue weighted by Gasteiger charge is -2.15. The molecule has 0 aromatic heterocycles. The predicted octanol–water partition coefficient (Wildman–Crippen LogP) is 1.82. The van der Waals surface area contributed by atoms with E-state index in [1.54, 1.807) is 0 Å². The lowest BCUT2D eigenvalue weighted by molar-refractivity contribution is 0.248. The van der Waals surface area contributed by atoms with Gasteiger partial charge in [0.15, 0.2) is 0 Å². The van der Waals surface area contributed by atoms with E-state index in [0.717, 1.165) is 12.1 Å². The molecule has 1 atom stereocenters. The van der Waals surface area contributed by atoms with Gasteiger partial charge in [-0.1, -0.05) is 6.92 Å². The molecule has 1 unspecified atom stereocenters. The van der Waals surface area contributed by atoms with Gasteiger partial charge in [0.2, 0.25) is 0 Å². The van der Waals surface area contributed by atoms with Crippen LogP contribution in [-0.2, 0) is 0 Å². The fraction of sp³-hybridized carbons (Fsp3) is 0.364. The van der Waals surface area contributed by atoms with Gasteiger partial charge in [0.05, 0.1) is 5.69 Å². The fourth-order valence-corrected chi connectivity index (χ4v) is 1.26. The quantitative estimate of drug-likeness (QED) is 0.755. The Hall–Kier alpha value is -1.69. The molecule has 2 amide bonds. The van der Waals surface area contributed by atoms with Gasteiger partial charge in [-0.05, 0) is 18.6 Å². The van der Waals surface area contributed by atoms with E-state index in [4.69, 9.17) is 5.73 Å². The van der Waals surface area contributed by atoms with Crippen LogP contribution in [0.2, 0.25) is 0 Å². The second-order valence-electron chi connectivity index (χ2n) is 3.56. The zero-order chi connectivity index (χ0) is 12.8. The van der Waals surface area contributed by atoms with Gasteiger partial charge in [0.25, 0.3) is 0 Å². The number of halogens is 2. The summed E-state index contributed by atoms with van der Waals surface area (Å²) in [5.41, 5.74) is 5.34. The standard InChI is InChI=1S/C11H15F2N3O/c1-2-8(6-14)15-11(17)16-10-4-3-7(12)5-9(10)13/h3-5,8H,2,6,14H2,1H3,(H2,15,16,17). The normalized spacial score (nSPS) is 12.0. The molecule has 0 fully saturated rings. The summed E-state index contributed by atoms with van der Waals surface area (Å²) in [5.74, 6) is -1.51. The third-order valence-corrected chi connectivity index (χ3v) is 2.29. The summed E-state index contributed by atoms with van der Waals surface area (Å²) in [6.45, 7) is 2.17. The van der Waals surface area contributed by atoms with Crippen molar-refractivity contribution in [3.05, 3.63) is 29.8 Å². The molecule has 0 aliphatic heterocycles. The van der Waals surface area contributed by atoms with Crippen LogP contribution in [0.25, 0.3) is 0 Å². The predicted molar refractivity (Wildman–Crippen MR) is 61.6 cm³/mol. The number of carbonyl (C=O) groups is 1. The van der Waals surface area contributed by atoms with Crippen molar-refractivity contribution in [2.75, 3.05) is 11.9 Å². The number of hydrogen-bond donors (Lipinski definition) is 3. The third-order valence-electron chi connectivity index (χ3n) is 2.29. The summed E-state index contributed by atoms with van der Waals surface area (Å²) >= 11 is 0. The number of rotatable bonds is 4. The molecule has 17 heavy (non-hydrogen) atoms. The minimum atomic E-state index is -0.819. The van der Waals surface area contributed by atoms with E-state index in [0.29, 0.717) is 19.0 Å². The van der Waals surface area contributed by atoms with Crippen molar-refractivity contribution in [2.45, 2.75) is 19.4 Å². The fourth-order valence-electron chi connectivity index (χ4n) is 1.26. The molecule has 0 aliphatic carbocycles. The molecule has 1 aromatic rings. The van der Waals surface area contributed by atoms with Gasteiger partial charge >= 0.3 is 6.03 Å². The van der Waals surface area contributed by atoms with Gasteiger partial charge < -0.3 is 16.4 Å². The van der Waals surface area contributed by atoms with Gasteiger partial charge in [-0.15, -0.1) is 0 Å². The molecule has 4 N–H and O–H groups in total. The van der Waals surface area contributed by atoms with Crippen LogP contribution in [0.3, 0.4) is 0 Å². The van der Waals surface area contributed by atoms with Crippen molar-refractivity contribution < 1.29 is 13.6 Å². The van der Waals surface area contributed by atoms with E-state index in [2.05, 4.69) is 10.6 Å². The molecule has 94 valence electrons. The third kappa shape index (κ3) is 3.99. The van der Waals surface area contributed by atoms with Crippen molar-refractivity contribution in [3.63, 3.8) is 0 Å². The van der Waals surface area contributed by atoms with E-state index < -0.39 is 17.7 Å². The van der Waals surface area contributed by atoms with Crippen LogP contribution in [0, 0.1) is 11.6 Å². The Labute approximate surface area is 98.2 Å². The van der Waals surface area contributed by atoms with Gasteiger partial charge in [-0.25, -0.2) is 13.6 Å². The summed E-state index contributed by atoms with van der Waals surface area (Å²) < 4.78 is 25.8. The average molecular weight is 243 g/mol. The van der Waals surface area contributed by atoms with Crippen molar-refractivity contribution >= 4 is 11.7 Å². The van der Waals surface area contributed by atoms with Crippen LogP contribution in [-0.4, -0.2) is 18.6 Å². The molecule has 6 heteroatoms. The maximum Gasteiger partial charge on any atom is 0.319 e. The van der Waals surface area contributed by atoms with Gasteiger partial charge in [-0.3, -0.25) is 0 Å². The number of urea groups is 1. The number of hydrogen-bond acceptors (Lipinski definition) is 2. The smallest absolute Gasteiger partial charge is 0.319 e. The zero-order valence-corrected chi connectivity index (χ0v) is 9.47. The number of anilines is 1. The van der Waals surface area contributed by atoms with E-state index >= 15 is 0 Å². The van der Waals surface area contributed by atoms with Crippen LogP contribution in [0.1, 0.15) is 13.3 Å². The lowest BCUT2D eigenvalue weighted by Crippen LogP contribution is -2.42. The highest BCUT2D eigenvalue weighted by Gasteiger charge is 2.10. The van der Waals surface area contributed by atoms with Gasteiger partial charge in [0, 0.05) is 18.7 Å². The highest BCUT2D eigenvalue weighted by molar-refractivity contribution is 5.89. The summed E-state index contributed by atoms with van der Waals surface area (Å²) in [5, 5.41) is 4.86. The SMILES string of the molecule is CCC(CN)NC(=O)Nc1ccc(F)cc1F. The molecule has 0 radical (unpaired) electrons. The first kappa shape index (κ1) is 13.4. The Morgan fingerprint density at radius 2 is 2.18 bits per heavy atom. The Morgan fingerprint density at radius 1 is 1.47 bits per heavy atom. The van der Waals surface area contributed by atoms with Crippen molar-refractivity contribution in [3.8, 4) is 0 Å². The summed E-state index contributed by atoms with van der Waals surface area (Å²) in [7, 11) is 0. The number of carbonyl (C=O) groups excluding carboxylic acids is 1. The Kier molecular flexibility index (Phi) is 4.84. The van der Waals surface area contributed by atoms with Gasteiger partial charge in [0.1, 0.15) is 11.6 Å². The van der Waals surface area contributed by atoms with E-state index in [1.807, 2.05) is 6.92 Å². The minimum Gasteiger partial charge on any atom is -0.334 e. The second kappa shape index (κ2) is 6.15. The second-order valence-corrected chi connectivity index (χ2v) is 3.56. The molecule has 0 saturated heterocycles. The minimum absolute atomic E-state index is 0.0734. The molecule has 0 saturated carbocycles. The Balaban J connectivity index is 2.62. The maximum atomic E-state index is 13.2. The molecule has 1 rings (SSSR count). The molecule has 0 heterocycles. The van der Waals surface area contributed by atoms with Crippen LogP contribution >= 0.6 is 0 Å². The van der Waals surface area contributed by atoms with E-state index in [9.17, 15) is 13.6 Å². The Bertz CT molecular complexity index is 394. The highest BCUT2D eigenvalue weighted by atomic mass is 19.1. The van der Waals surface area contributed by atoms with Crippen LogP contribution in [0.5, 0.6) is 0 Å². The van der Waals surface area contributed by atoms with Gasteiger partial charge in [-0.2, -0.15) is 0 Å². The maximum absolute atomic E-state index is 13.2. The first-order chi connectivity index (χ1) is 8.06. The highest BCUT2D eigenvalue weighted by Crippen LogP contribution is 2.14. The number of nitrogens with one attached hydrogen (secondary N) is 2. The molecule has 0 aliphatic rings. The number of nitrogens with two attached hydrogens (primary N) is 1. The lowest BCUT2D eigenvalue weighted by atomic mass is 10.2. The average Bonchev–Trinajstić information content (AvgIpc) is 2.29. The van der Waals surface area contributed by atoms with Crippen molar-refractivity contribution in [1.29, 1.82) is 0 Å². The molecular formula is C11H15F2N3O. The largest absolute Gasteiger partial charge is 0.334 e. The first-order valence-corrected chi connectivity index (χ1v) is 5.29. The molecular weight excluding hydrogens is 228 g/mol. The zero-order valence-electron chi connectivity index (χ0n) is 9.47. The van der Waals surface area contributed by atoms with E-state index in [-0.39, 0.29) is 11.7 Å². The van der Waals surface area contributed by atoms with Crippen LogP contribution in [0.4, 0.5) is 19.3 Å². The van der Waals surface area contributed by atoms with Crippen molar-refractivity contribution in [1.82, 2.24) is 5.32 Å². The number of benzene rings is 1. The molecule has 0 spiro atoms. The molecule has 4 nitrogen and oxygen atoms in total. The Morgan fingerprint density at radius 3 is 2.71 bits per heavy atom. The summed E-state index contributed by atoms with van der Waals surface area (Å²) in [6, 6.07) is 2.20. The first-order valence-electron chi connectivity index (χ1n) is 5.29. The monoisotopic (exact) mass is 243 g/mol. The summed E-state index contributed by atoms with van der Waals surface area (Å²) in [6.07, 6.45) is 0.676. The number of amides is 2. The summed E-state index contributed by atoms with van der Waals surface area (Å²) in [4.78, 5) is 11.4. The van der Waals surface area contributed by atoms with Crippen LogP contribution in [0.15, 0.2) is 18.2 Å².